The van der Waals surface area contributed by atoms with Gasteiger partial charge in [-0.3, -0.25) is 9.78 Å². The number of piperidine rings is 3. The summed E-state index contributed by atoms with van der Waals surface area (Å²) in [5.41, 5.74) is 5.07. The summed E-state index contributed by atoms with van der Waals surface area (Å²) in [6, 6.07) is 6.41. The van der Waals surface area contributed by atoms with Gasteiger partial charge in [0.1, 0.15) is 5.78 Å². The van der Waals surface area contributed by atoms with Crippen molar-refractivity contribution in [3.63, 3.8) is 0 Å². The van der Waals surface area contributed by atoms with Crippen LogP contribution in [-0.4, -0.2) is 49.9 Å². The Labute approximate surface area is 182 Å². The number of Topliss-reactive ketones (excluding diaryl/α,β-unsaturated/α-hetero) is 1. The maximum atomic E-state index is 12.4. The lowest BCUT2D eigenvalue weighted by molar-refractivity contribution is -0.121. The lowest BCUT2D eigenvalue weighted by Crippen LogP contribution is -2.48. The number of aromatic nitrogens is 4. The van der Waals surface area contributed by atoms with E-state index in [2.05, 4.69) is 23.1 Å². The molecule has 31 heavy (non-hydrogen) atoms. The third-order valence-electron chi connectivity index (χ3n) is 7.87. The van der Waals surface area contributed by atoms with Gasteiger partial charge in [-0.1, -0.05) is 18.2 Å². The fourth-order valence-electron chi connectivity index (χ4n) is 5.94. The first-order chi connectivity index (χ1) is 15.0. The van der Waals surface area contributed by atoms with E-state index in [1.165, 1.54) is 32.5 Å². The normalized spacial score (nSPS) is 26.5. The molecule has 0 spiro atoms. The molecule has 0 saturated carbocycles. The number of nitrogens with zero attached hydrogens (tertiary/aromatic N) is 5. The molecule has 3 saturated heterocycles. The van der Waals surface area contributed by atoms with Crippen molar-refractivity contribution >= 4 is 11.4 Å². The summed E-state index contributed by atoms with van der Waals surface area (Å²) in [5, 5.41) is 4.74. The molecule has 6 nitrogen and oxygen atoms in total. The largest absolute Gasteiger partial charge is 0.303 e. The SMILES string of the molecule is CC1(C)C(=O)Cc2cc(Cc3nc4c(CC5CN6CCC5CC6)nccn4n3)ccc21. The van der Waals surface area contributed by atoms with Gasteiger partial charge in [0.25, 0.3) is 0 Å². The van der Waals surface area contributed by atoms with Crippen molar-refractivity contribution in [2.75, 3.05) is 19.6 Å². The van der Waals surface area contributed by atoms with E-state index in [0.717, 1.165) is 46.2 Å². The summed E-state index contributed by atoms with van der Waals surface area (Å²) in [6.45, 7) is 7.76. The smallest absolute Gasteiger partial charge is 0.177 e. The van der Waals surface area contributed by atoms with Crippen molar-refractivity contribution in [3.05, 3.63) is 58.8 Å². The molecule has 2 aromatic heterocycles. The summed E-state index contributed by atoms with van der Waals surface area (Å²) < 4.78 is 1.89. The zero-order chi connectivity index (χ0) is 21.2. The van der Waals surface area contributed by atoms with Crippen LogP contribution in [0.15, 0.2) is 30.6 Å². The number of fused-ring (bicyclic) bond motifs is 5. The van der Waals surface area contributed by atoms with Crippen LogP contribution >= 0.6 is 0 Å². The van der Waals surface area contributed by atoms with Crippen LogP contribution in [0.4, 0.5) is 0 Å². The highest BCUT2D eigenvalue weighted by molar-refractivity contribution is 5.95. The standard InChI is InChI=1S/C25H29N5O/c1-25(2)20-4-3-16(11-18(20)14-22(25)31)12-23-27-24-21(26-7-10-30(24)28-23)13-19-15-29-8-5-17(19)6-9-29/h3-4,7,10-11,17,19H,5-6,8-9,12-15H2,1-2H3. The minimum absolute atomic E-state index is 0.300. The fraction of sp³-hybridized carbons (Fsp3) is 0.520. The van der Waals surface area contributed by atoms with Gasteiger partial charge in [0.05, 0.1) is 5.69 Å². The number of hydrogen-bond acceptors (Lipinski definition) is 5. The highest BCUT2D eigenvalue weighted by atomic mass is 16.1. The average molecular weight is 416 g/mol. The van der Waals surface area contributed by atoms with E-state index < -0.39 is 0 Å². The Balaban J connectivity index is 1.26. The highest BCUT2D eigenvalue weighted by Gasteiger charge is 2.38. The summed E-state index contributed by atoms with van der Waals surface area (Å²) in [6.07, 6.45) is 8.58. The molecule has 1 unspecified atom stereocenters. The molecule has 3 aliphatic heterocycles. The zero-order valence-electron chi connectivity index (χ0n) is 18.3. The van der Waals surface area contributed by atoms with Crippen LogP contribution in [0.2, 0.25) is 0 Å². The first kappa shape index (κ1) is 19.1. The molecule has 6 heteroatoms. The number of rotatable bonds is 4. The summed E-state index contributed by atoms with van der Waals surface area (Å²) in [7, 11) is 0. The molecule has 0 radical (unpaired) electrons. The van der Waals surface area contributed by atoms with Gasteiger partial charge in [-0.2, -0.15) is 5.10 Å². The van der Waals surface area contributed by atoms with Gasteiger partial charge in [-0.05, 0) is 74.7 Å². The fourth-order valence-corrected chi connectivity index (χ4v) is 5.94. The first-order valence-corrected chi connectivity index (χ1v) is 11.5. The van der Waals surface area contributed by atoms with Gasteiger partial charge in [-0.15, -0.1) is 0 Å². The van der Waals surface area contributed by atoms with Gasteiger partial charge in [0, 0.05) is 37.2 Å². The van der Waals surface area contributed by atoms with Crippen molar-refractivity contribution < 1.29 is 4.79 Å². The van der Waals surface area contributed by atoms with Crippen LogP contribution in [0.25, 0.3) is 5.65 Å². The Morgan fingerprint density at radius 1 is 1.19 bits per heavy atom. The third kappa shape index (κ3) is 3.19. The molecule has 1 aromatic carbocycles. The Hall–Kier alpha value is -2.60. The maximum absolute atomic E-state index is 12.4. The van der Waals surface area contributed by atoms with Gasteiger partial charge in [0.15, 0.2) is 11.5 Å². The van der Waals surface area contributed by atoms with E-state index in [4.69, 9.17) is 15.1 Å². The topological polar surface area (TPSA) is 63.4 Å². The van der Waals surface area contributed by atoms with Crippen LogP contribution in [-0.2, 0) is 29.5 Å². The number of ketones is 1. The molecule has 0 amide bonds. The van der Waals surface area contributed by atoms with E-state index in [9.17, 15) is 4.79 Å². The van der Waals surface area contributed by atoms with E-state index >= 15 is 0 Å². The van der Waals surface area contributed by atoms with Crippen molar-refractivity contribution in [1.82, 2.24) is 24.5 Å². The molecule has 2 bridgehead atoms. The summed E-state index contributed by atoms with van der Waals surface area (Å²) in [5.74, 6) is 2.62. The van der Waals surface area contributed by atoms with Gasteiger partial charge in [-0.25, -0.2) is 9.50 Å². The molecule has 3 fully saturated rings. The van der Waals surface area contributed by atoms with Crippen LogP contribution in [0.1, 0.15) is 54.9 Å². The van der Waals surface area contributed by atoms with Crippen LogP contribution in [0.5, 0.6) is 0 Å². The first-order valence-electron chi connectivity index (χ1n) is 11.5. The quantitative estimate of drug-likeness (QED) is 0.656. The van der Waals surface area contributed by atoms with E-state index in [1.54, 1.807) is 0 Å². The predicted octanol–water partition coefficient (Wildman–Crippen LogP) is 3.00. The van der Waals surface area contributed by atoms with E-state index in [0.29, 0.717) is 24.5 Å². The van der Waals surface area contributed by atoms with E-state index in [-0.39, 0.29) is 5.41 Å². The Bertz CT molecular complexity index is 1170. The van der Waals surface area contributed by atoms with E-state index in [1.807, 2.05) is 30.8 Å². The Morgan fingerprint density at radius 3 is 2.81 bits per heavy atom. The van der Waals surface area contributed by atoms with Crippen molar-refractivity contribution in [2.24, 2.45) is 11.8 Å². The predicted molar refractivity (Wildman–Crippen MR) is 118 cm³/mol. The average Bonchev–Trinajstić information content (AvgIpc) is 3.27. The molecule has 160 valence electrons. The Morgan fingerprint density at radius 2 is 2.03 bits per heavy atom. The summed E-state index contributed by atoms with van der Waals surface area (Å²) >= 11 is 0. The molecule has 1 atom stereocenters. The molecule has 7 rings (SSSR count). The van der Waals surface area contributed by atoms with Crippen LogP contribution in [0.3, 0.4) is 0 Å². The highest BCUT2D eigenvalue weighted by Crippen LogP contribution is 2.36. The number of carbonyl (C=O) groups excluding carboxylic acids is 1. The van der Waals surface area contributed by atoms with Gasteiger partial charge < -0.3 is 4.90 Å². The second-order valence-electron chi connectivity index (χ2n) is 10.2. The molecule has 1 aliphatic carbocycles. The van der Waals surface area contributed by atoms with Crippen molar-refractivity contribution in [1.29, 1.82) is 0 Å². The molecular formula is C25H29N5O. The second kappa shape index (κ2) is 6.95. The molecule has 4 aliphatic rings. The third-order valence-corrected chi connectivity index (χ3v) is 7.87. The number of hydrogen-bond donors (Lipinski definition) is 0. The lowest BCUT2D eigenvalue weighted by Gasteiger charge is -2.44. The van der Waals surface area contributed by atoms with Gasteiger partial charge >= 0.3 is 0 Å². The monoisotopic (exact) mass is 415 g/mol. The van der Waals surface area contributed by atoms with Crippen LogP contribution in [0, 0.1) is 11.8 Å². The summed E-state index contributed by atoms with van der Waals surface area (Å²) in [4.78, 5) is 24.5. The maximum Gasteiger partial charge on any atom is 0.177 e. The zero-order valence-corrected chi connectivity index (χ0v) is 18.3. The molecular weight excluding hydrogens is 386 g/mol. The van der Waals surface area contributed by atoms with Crippen molar-refractivity contribution in [2.45, 2.75) is 51.4 Å². The number of benzene rings is 1. The van der Waals surface area contributed by atoms with Gasteiger partial charge in [0.2, 0.25) is 0 Å². The minimum atomic E-state index is -0.370. The lowest BCUT2D eigenvalue weighted by atomic mass is 9.77. The minimum Gasteiger partial charge on any atom is -0.303 e. The molecule has 3 aromatic rings. The number of carbonyl (C=O) groups is 1. The van der Waals surface area contributed by atoms with Crippen molar-refractivity contribution in [3.8, 4) is 0 Å². The molecule has 0 N–H and O–H groups in total. The second-order valence-corrected chi connectivity index (χ2v) is 10.2. The molecule has 5 heterocycles. The van der Waals surface area contributed by atoms with Crippen LogP contribution < -0.4 is 0 Å². The Kier molecular flexibility index (Phi) is 4.29.